The average molecular weight is 329 g/mol. The normalized spacial score (nSPS) is 23.8. The maximum absolute atomic E-state index is 4.36. The zero-order valence-corrected chi connectivity index (χ0v) is 16.0. The third kappa shape index (κ3) is 1.90. The van der Waals surface area contributed by atoms with Crippen LogP contribution in [0.1, 0.15) is 50.3 Å². The Morgan fingerprint density at radius 3 is 2.56 bits per heavy atom. The summed E-state index contributed by atoms with van der Waals surface area (Å²) < 4.78 is 0. The van der Waals surface area contributed by atoms with Crippen molar-refractivity contribution < 1.29 is 0 Å². The van der Waals surface area contributed by atoms with Gasteiger partial charge in [-0.25, -0.2) is 0 Å². The van der Waals surface area contributed by atoms with Crippen LogP contribution in [0.15, 0.2) is 60.7 Å². The van der Waals surface area contributed by atoms with Crippen LogP contribution in [0, 0.1) is 0 Å². The second kappa shape index (κ2) is 5.11. The summed E-state index contributed by atoms with van der Waals surface area (Å²) in [7, 11) is 2.23. The van der Waals surface area contributed by atoms with Crippen molar-refractivity contribution >= 4 is 16.5 Å². The van der Waals surface area contributed by atoms with E-state index in [2.05, 4.69) is 83.1 Å². The van der Waals surface area contributed by atoms with Crippen LogP contribution < -0.4 is 0 Å². The molecule has 2 aromatic rings. The summed E-state index contributed by atoms with van der Waals surface area (Å²) in [6, 6.07) is 11.8. The highest BCUT2D eigenvalue weighted by Crippen LogP contribution is 2.54. The van der Waals surface area contributed by atoms with Crippen LogP contribution in [0.25, 0.3) is 16.5 Å². The smallest absolute Gasteiger partial charge is 0.0496 e. The van der Waals surface area contributed by atoms with Gasteiger partial charge in [-0.15, -0.1) is 0 Å². The minimum absolute atomic E-state index is 0.0969. The quantitative estimate of drug-likeness (QED) is 0.609. The van der Waals surface area contributed by atoms with E-state index in [4.69, 9.17) is 0 Å². The SMILES string of the molecule is C=CC(=C)C1=C2c3c(ccc4cccc(c34)C1(C)C)C(C)C(C)N2C. The number of hydrogen-bond donors (Lipinski definition) is 0. The fourth-order valence-corrected chi connectivity index (χ4v) is 4.91. The van der Waals surface area contributed by atoms with Gasteiger partial charge in [0.25, 0.3) is 0 Å². The Morgan fingerprint density at radius 1 is 1.16 bits per heavy atom. The van der Waals surface area contributed by atoms with E-state index in [9.17, 15) is 0 Å². The van der Waals surface area contributed by atoms with E-state index in [1.54, 1.807) is 0 Å². The third-order valence-corrected chi connectivity index (χ3v) is 6.60. The number of hydrogen-bond acceptors (Lipinski definition) is 1. The zero-order valence-electron chi connectivity index (χ0n) is 16.0. The number of rotatable bonds is 2. The van der Waals surface area contributed by atoms with Gasteiger partial charge in [0, 0.05) is 35.7 Å². The lowest BCUT2D eigenvalue weighted by Gasteiger charge is -2.48. The van der Waals surface area contributed by atoms with Gasteiger partial charge in [0.1, 0.15) is 0 Å². The van der Waals surface area contributed by atoms with Gasteiger partial charge in [0.15, 0.2) is 0 Å². The molecule has 2 aliphatic rings. The summed E-state index contributed by atoms with van der Waals surface area (Å²) >= 11 is 0. The van der Waals surface area contributed by atoms with Gasteiger partial charge in [-0.1, -0.05) is 70.3 Å². The van der Waals surface area contributed by atoms with Crippen molar-refractivity contribution in [3.05, 3.63) is 77.4 Å². The zero-order chi connectivity index (χ0) is 18.1. The highest BCUT2D eigenvalue weighted by atomic mass is 15.2. The molecule has 1 heteroatoms. The van der Waals surface area contributed by atoms with Crippen molar-refractivity contribution in [2.45, 2.75) is 45.1 Å². The molecule has 0 spiro atoms. The molecule has 1 aliphatic heterocycles. The number of likely N-dealkylation sites (N-methyl/N-ethyl adjacent to an activating group) is 1. The predicted molar refractivity (Wildman–Crippen MR) is 109 cm³/mol. The first-order valence-electron chi connectivity index (χ1n) is 9.16. The minimum atomic E-state index is -0.0969. The van der Waals surface area contributed by atoms with Crippen molar-refractivity contribution in [3.8, 4) is 0 Å². The maximum atomic E-state index is 4.36. The molecule has 0 saturated carbocycles. The molecule has 0 amide bonds. The summed E-state index contributed by atoms with van der Waals surface area (Å²) in [5, 5.41) is 2.76. The van der Waals surface area contributed by atoms with Gasteiger partial charge < -0.3 is 4.90 Å². The van der Waals surface area contributed by atoms with E-state index in [1.807, 2.05) is 6.08 Å². The monoisotopic (exact) mass is 329 g/mol. The molecule has 0 saturated heterocycles. The molecule has 1 nitrogen and oxygen atoms in total. The summed E-state index contributed by atoms with van der Waals surface area (Å²) in [5.74, 6) is 0.501. The molecule has 0 bridgehead atoms. The molecule has 0 radical (unpaired) electrons. The number of benzene rings is 2. The summed E-state index contributed by atoms with van der Waals surface area (Å²) in [6.07, 6.45) is 1.91. The molecule has 2 aromatic carbocycles. The molecule has 0 fully saturated rings. The number of allylic oxidation sites excluding steroid dienone is 3. The van der Waals surface area contributed by atoms with E-state index < -0.39 is 0 Å². The summed E-state index contributed by atoms with van der Waals surface area (Å²) in [5.41, 5.74) is 7.88. The summed E-state index contributed by atoms with van der Waals surface area (Å²) in [4.78, 5) is 2.47. The lowest BCUT2D eigenvalue weighted by molar-refractivity contribution is 0.312. The fraction of sp³-hybridized carbons (Fsp3) is 0.333. The van der Waals surface area contributed by atoms with Gasteiger partial charge in [-0.3, -0.25) is 0 Å². The molecule has 1 heterocycles. The van der Waals surface area contributed by atoms with Crippen LogP contribution in [0.5, 0.6) is 0 Å². The molecule has 2 unspecified atom stereocenters. The van der Waals surface area contributed by atoms with Crippen LogP contribution in [0.2, 0.25) is 0 Å². The Morgan fingerprint density at radius 2 is 1.88 bits per heavy atom. The average Bonchev–Trinajstić information content (AvgIpc) is 2.60. The van der Waals surface area contributed by atoms with Gasteiger partial charge in [0.2, 0.25) is 0 Å². The molecule has 1 aliphatic carbocycles. The summed E-state index contributed by atoms with van der Waals surface area (Å²) in [6.45, 7) is 17.7. The van der Waals surface area contributed by atoms with Gasteiger partial charge in [0.05, 0.1) is 0 Å². The lowest BCUT2D eigenvalue weighted by Crippen LogP contribution is -2.41. The Bertz CT molecular complexity index is 957. The molecule has 0 aromatic heterocycles. The molecular formula is C24H27N. The maximum Gasteiger partial charge on any atom is 0.0496 e. The molecule has 0 N–H and O–H groups in total. The van der Waals surface area contributed by atoms with Crippen molar-refractivity contribution in [3.63, 3.8) is 0 Å². The second-order valence-electron chi connectivity index (χ2n) is 8.15. The first-order chi connectivity index (χ1) is 11.8. The standard InChI is InChI=1S/C24H27N/c1-8-14(2)22-23-21-18(15(3)16(4)25(23)7)13-12-17-10-9-11-19(20(17)21)24(22,5)6/h8-13,15-16H,1-2H2,3-7H3. The van der Waals surface area contributed by atoms with Gasteiger partial charge in [-0.2, -0.15) is 0 Å². The largest absolute Gasteiger partial charge is 0.371 e. The molecular weight excluding hydrogens is 302 g/mol. The molecule has 4 rings (SSSR count). The van der Waals surface area contributed by atoms with Crippen molar-refractivity contribution in [2.24, 2.45) is 0 Å². The van der Waals surface area contributed by atoms with Gasteiger partial charge in [-0.05, 0) is 40.0 Å². The predicted octanol–water partition coefficient (Wildman–Crippen LogP) is 6.02. The van der Waals surface area contributed by atoms with Crippen LogP contribution in [-0.2, 0) is 5.41 Å². The number of nitrogens with zero attached hydrogens (tertiary/aromatic N) is 1. The molecule has 25 heavy (non-hydrogen) atoms. The lowest BCUT2D eigenvalue weighted by atomic mass is 9.65. The van der Waals surface area contributed by atoms with Crippen LogP contribution in [-0.4, -0.2) is 18.0 Å². The van der Waals surface area contributed by atoms with E-state index in [-0.39, 0.29) is 5.41 Å². The molecule has 128 valence electrons. The Kier molecular flexibility index (Phi) is 3.31. The molecule has 2 atom stereocenters. The van der Waals surface area contributed by atoms with E-state index in [0.717, 1.165) is 5.57 Å². The van der Waals surface area contributed by atoms with E-state index in [1.165, 1.54) is 38.7 Å². The highest BCUT2D eigenvalue weighted by molar-refractivity contribution is 6.03. The Labute approximate surface area is 151 Å². The third-order valence-electron chi connectivity index (χ3n) is 6.60. The van der Waals surface area contributed by atoms with Crippen molar-refractivity contribution in [1.29, 1.82) is 0 Å². The van der Waals surface area contributed by atoms with Crippen LogP contribution in [0.3, 0.4) is 0 Å². The van der Waals surface area contributed by atoms with Crippen molar-refractivity contribution in [2.75, 3.05) is 7.05 Å². The topological polar surface area (TPSA) is 3.24 Å². The van der Waals surface area contributed by atoms with E-state index in [0.29, 0.717) is 12.0 Å². The van der Waals surface area contributed by atoms with Crippen LogP contribution >= 0.6 is 0 Å². The fourth-order valence-electron chi connectivity index (χ4n) is 4.91. The minimum Gasteiger partial charge on any atom is -0.371 e. The second-order valence-corrected chi connectivity index (χ2v) is 8.15. The van der Waals surface area contributed by atoms with Crippen molar-refractivity contribution in [1.82, 2.24) is 4.90 Å². The van der Waals surface area contributed by atoms with Crippen LogP contribution in [0.4, 0.5) is 0 Å². The Balaban J connectivity index is 2.27. The van der Waals surface area contributed by atoms with E-state index >= 15 is 0 Å². The highest BCUT2D eigenvalue weighted by Gasteiger charge is 2.42. The van der Waals surface area contributed by atoms with Gasteiger partial charge >= 0.3 is 0 Å². The first-order valence-corrected chi connectivity index (χ1v) is 9.16. The first kappa shape index (κ1) is 16.2. The Hall–Kier alpha value is -2.28.